The summed E-state index contributed by atoms with van der Waals surface area (Å²) in [5.41, 5.74) is 1.07. The number of carbonyl (C=O) groups excluding carboxylic acids is 1. The van der Waals surface area contributed by atoms with Crippen molar-refractivity contribution in [3.63, 3.8) is 0 Å². The number of tetrazole rings is 1. The lowest BCUT2D eigenvalue weighted by Gasteiger charge is -2.31. The molecule has 0 spiro atoms. The van der Waals surface area contributed by atoms with Gasteiger partial charge in [0.25, 0.3) is 0 Å². The monoisotopic (exact) mass is 357 g/mol. The molecule has 0 saturated carbocycles. The number of nitrogens with zero attached hydrogens (tertiary/aromatic N) is 6. The zero-order chi connectivity index (χ0) is 17.1. The molecule has 130 valence electrons. The van der Waals surface area contributed by atoms with E-state index in [9.17, 15) is 4.79 Å². The van der Waals surface area contributed by atoms with Gasteiger partial charge in [-0.15, -0.1) is 5.10 Å². The average Bonchev–Trinajstić information content (AvgIpc) is 3.29. The molecule has 1 aromatic carbocycles. The lowest BCUT2D eigenvalue weighted by Crippen LogP contribution is -2.39. The maximum atomic E-state index is 11.9. The summed E-state index contributed by atoms with van der Waals surface area (Å²) < 4.78 is 2.65. The number of fused-ring (bicyclic) bond motifs is 1. The van der Waals surface area contributed by atoms with E-state index < -0.39 is 0 Å². The van der Waals surface area contributed by atoms with Crippen LogP contribution in [0.25, 0.3) is 10.2 Å². The number of anilines is 1. The Kier molecular flexibility index (Phi) is 4.55. The van der Waals surface area contributed by atoms with Crippen molar-refractivity contribution in [1.29, 1.82) is 0 Å². The lowest BCUT2D eigenvalue weighted by atomic mass is 9.97. The van der Waals surface area contributed by atoms with Crippen LogP contribution in [-0.4, -0.2) is 50.7 Å². The number of rotatable bonds is 5. The highest BCUT2D eigenvalue weighted by atomic mass is 32.1. The Morgan fingerprint density at radius 1 is 1.28 bits per heavy atom. The molecule has 1 saturated heterocycles. The van der Waals surface area contributed by atoms with Crippen molar-refractivity contribution in [2.45, 2.75) is 19.4 Å². The topological polar surface area (TPSA) is 88.8 Å². The molecule has 1 aliphatic rings. The molecule has 2 aromatic heterocycles. The largest absolute Gasteiger partial charge is 0.354 e. The van der Waals surface area contributed by atoms with Crippen molar-refractivity contribution in [2.75, 3.05) is 24.5 Å². The maximum absolute atomic E-state index is 11.9. The van der Waals surface area contributed by atoms with E-state index in [0.29, 0.717) is 12.5 Å². The third kappa shape index (κ3) is 3.76. The third-order valence-corrected chi connectivity index (χ3v) is 5.55. The number of carbonyl (C=O) groups is 1. The molecular formula is C16H19N7OS. The summed E-state index contributed by atoms with van der Waals surface area (Å²) in [5, 5.41) is 14.8. The van der Waals surface area contributed by atoms with Gasteiger partial charge in [0.2, 0.25) is 5.91 Å². The summed E-state index contributed by atoms with van der Waals surface area (Å²) in [4.78, 5) is 19.0. The SMILES string of the molecule is O=C(Cn1cnnn1)NCC1CCN(c2nc3ccccc3s2)CC1. The first-order valence-electron chi connectivity index (χ1n) is 8.36. The molecule has 1 fully saturated rings. The van der Waals surface area contributed by atoms with Crippen LogP contribution in [0.1, 0.15) is 12.8 Å². The number of thiazole rings is 1. The highest BCUT2D eigenvalue weighted by Gasteiger charge is 2.22. The van der Waals surface area contributed by atoms with Crippen LogP contribution in [0.15, 0.2) is 30.6 Å². The number of hydrogen-bond acceptors (Lipinski definition) is 7. The van der Waals surface area contributed by atoms with Gasteiger partial charge in [-0.2, -0.15) is 0 Å². The summed E-state index contributed by atoms with van der Waals surface area (Å²) in [6.07, 6.45) is 3.55. The fourth-order valence-corrected chi connectivity index (χ4v) is 4.05. The van der Waals surface area contributed by atoms with Gasteiger partial charge >= 0.3 is 0 Å². The van der Waals surface area contributed by atoms with Crippen LogP contribution in [0.5, 0.6) is 0 Å². The van der Waals surface area contributed by atoms with Gasteiger partial charge in [0.1, 0.15) is 12.9 Å². The van der Waals surface area contributed by atoms with Gasteiger partial charge in [0.15, 0.2) is 5.13 Å². The average molecular weight is 357 g/mol. The van der Waals surface area contributed by atoms with Crippen LogP contribution >= 0.6 is 11.3 Å². The highest BCUT2D eigenvalue weighted by Crippen LogP contribution is 2.31. The quantitative estimate of drug-likeness (QED) is 0.741. The number of aromatic nitrogens is 5. The van der Waals surface area contributed by atoms with Gasteiger partial charge in [-0.3, -0.25) is 4.79 Å². The van der Waals surface area contributed by atoms with Crippen LogP contribution in [-0.2, 0) is 11.3 Å². The standard InChI is InChI=1S/C16H19N7OS/c24-15(10-23-11-18-20-21-23)17-9-12-5-7-22(8-6-12)16-19-13-3-1-2-4-14(13)25-16/h1-4,11-12H,5-10H2,(H,17,24). The Hall–Kier alpha value is -2.55. The molecule has 1 N–H and O–H groups in total. The third-order valence-electron chi connectivity index (χ3n) is 4.45. The smallest absolute Gasteiger partial charge is 0.241 e. The minimum absolute atomic E-state index is 0.0547. The lowest BCUT2D eigenvalue weighted by molar-refractivity contribution is -0.122. The van der Waals surface area contributed by atoms with E-state index in [1.165, 1.54) is 15.7 Å². The Morgan fingerprint density at radius 2 is 2.12 bits per heavy atom. The van der Waals surface area contributed by atoms with E-state index in [4.69, 9.17) is 4.98 Å². The zero-order valence-corrected chi connectivity index (χ0v) is 14.5. The molecule has 0 atom stereocenters. The summed E-state index contributed by atoms with van der Waals surface area (Å²) in [6, 6.07) is 8.25. The van der Waals surface area contributed by atoms with E-state index >= 15 is 0 Å². The molecule has 8 nitrogen and oxygen atoms in total. The van der Waals surface area contributed by atoms with Gasteiger partial charge in [0, 0.05) is 19.6 Å². The number of piperidine rings is 1. The first-order chi connectivity index (χ1) is 12.3. The number of benzene rings is 1. The summed E-state index contributed by atoms with van der Waals surface area (Å²) in [6.45, 7) is 2.83. The summed E-state index contributed by atoms with van der Waals surface area (Å²) in [5.74, 6) is 0.448. The molecule has 4 rings (SSSR count). The molecule has 0 bridgehead atoms. The van der Waals surface area contributed by atoms with Crippen molar-refractivity contribution in [2.24, 2.45) is 5.92 Å². The second kappa shape index (κ2) is 7.14. The van der Waals surface area contributed by atoms with Crippen LogP contribution in [0.3, 0.4) is 0 Å². The van der Waals surface area contributed by atoms with E-state index in [0.717, 1.165) is 36.6 Å². The predicted octanol–water partition coefficient (Wildman–Crippen LogP) is 1.32. The van der Waals surface area contributed by atoms with Crippen LogP contribution in [0.2, 0.25) is 0 Å². The minimum atomic E-state index is -0.0547. The van der Waals surface area contributed by atoms with Crippen molar-refractivity contribution in [3.8, 4) is 0 Å². The number of amides is 1. The van der Waals surface area contributed by atoms with Gasteiger partial charge in [0.05, 0.1) is 10.2 Å². The zero-order valence-electron chi connectivity index (χ0n) is 13.7. The van der Waals surface area contributed by atoms with Crippen LogP contribution < -0.4 is 10.2 Å². The van der Waals surface area contributed by atoms with Gasteiger partial charge < -0.3 is 10.2 Å². The summed E-state index contributed by atoms with van der Waals surface area (Å²) in [7, 11) is 0. The molecule has 0 unspecified atom stereocenters. The van der Waals surface area contributed by atoms with Crippen molar-refractivity contribution in [1.82, 2.24) is 30.5 Å². The molecule has 1 aliphatic heterocycles. The van der Waals surface area contributed by atoms with Gasteiger partial charge in [-0.1, -0.05) is 23.5 Å². The molecule has 1 amide bonds. The van der Waals surface area contributed by atoms with Gasteiger partial charge in [-0.05, 0) is 41.3 Å². The Bertz CT molecular complexity index is 806. The van der Waals surface area contributed by atoms with Crippen molar-refractivity contribution >= 4 is 32.6 Å². The molecule has 25 heavy (non-hydrogen) atoms. The fourth-order valence-electron chi connectivity index (χ4n) is 3.04. The second-order valence-electron chi connectivity index (χ2n) is 6.21. The second-order valence-corrected chi connectivity index (χ2v) is 7.22. The molecule has 3 aromatic rings. The van der Waals surface area contributed by atoms with E-state index in [2.05, 4.69) is 43.9 Å². The Labute approximate surface area is 148 Å². The molecule has 0 aliphatic carbocycles. The summed E-state index contributed by atoms with van der Waals surface area (Å²) >= 11 is 1.75. The highest BCUT2D eigenvalue weighted by molar-refractivity contribution is 7.22. The first kappa shape index (κ1) is 15.9. The molecular weight excluding hydrogens is 338 g/mol. The Morgan fingerprint density at radius 3 is 2.88 bits per heavy atom. The number of para-hydroxylation sites is 1. The first-order valence-corrected chi connectivity index (χ1v) is 9.17. The fraction of sp³-hybridized carbons (Fsp3) is 0.438. The van der Waals surface area contributed by atoms with E-state index in [1.54, 1.807) is 11.3 Å². The van der Waals surface area contributed by atoms with Crippen molar-refractivity contribution in [3.05, 3.63) is 30.6 Å². The molecule has 9 heteroatoms. The van der Waals surface area contributed by atoms with Crippen molar-refractivity contribution < 1.29 is 4.79 Å². The predicted molar refractivity (Wildman–Crippen MR) is 95.4 cm³/mol. The minimum Gasteiger partial charge on any atom is -0.354 e. The number of hydrogen-bond donors (Lipinski definition) is 1. The molecule has 0 radical (unpaired) electrons. The van der Waals surface area contributed by atoms with E-state index in [-0.39, 0.29) is 12.5 Å². The maximum Gasteiger partial charge on any atom is 0.241 e. The molecule has 3 heterocycles. The number of nitrogens with one attached hydrogen (secondary N) is 1. The Balaban J connectivity index is 1.26. The van der Waals surface area contributed by atoms with Gasteiger partial charge in [-0.25, -0.2) is 9.67 Å². The van der Waals surface area contributed by atoms with E-state index in [1.807, 2.05) is 6.07 Å². The normalized spacial score (nSPS) is 15.6. The van der Waals surface area contributed by atoms with Crippen LogP contribution in [0, 0.1) is 5.92 Å². The van der Waals surface area contributed by atoms with Crippen LogP contribution in [0.4, 0.5) is 5.13 Å².